The van der Waals surface area contributed by atoms with Crippen LogP contribution in [0.4, 0.5) is 10.2 Å². The molecule has 0 atom stereocenters. The topological polar surface area (TPSA) is 67.8 Å². The first-order chi connectivity index (χ1) is 15.5. The maximum Gasteiger partial charge on any atom is 0.258 e. The van der Waals surface area contributed by atoms with Gasteiger partial charge in [0.05, 0.1) is 30.5 Å². The van der Waals surface area contributed by atoms with Gasteiger partial charge in [-0.25, -0.2) is 4.39 Å². The Bertz CT molecular complexity index is 1100. The van der Waals surface area contributed by atoms with Crippen molar-refractivity contribution in [2.24, 2.45) is 0 Å². The summed E-state index contributed by atoms with van der Waals surface area (Å²) in [6, 6.07) is 13.6. The van der Waals surface area contributed by atoms with Crippen molar-refractivity contribution in [1.29, 1.82) is 0 Å². The minimum absolute atomic E-state index is 0.0818. The zero-order valence-electron chi connectivity index (χ0n) is 17.7. The van der Waals surface area contributed by atoms with E-state index >= 15 is 0 Å². The quantitative estimate of drug-likeness (QED) is 0.579. The minimum Gasteiger partial charge on any atom is -0.493 e. The van der Waals surface area contributed by atoms with Gasteiger partial charge in [0.2, 0.25) is 0 Å². The largest absolute Gasteiger partial charge is 0.493 e. The van der Waals surface area contributed by atoms with Crippen LogP contribution >= 0.6 is 11.6 Å². The van der Waals surface area contributed by atoms with Crippen molar-refractivity contribution < 1.29 is 18.7 Å². The lowest BCUT2D eigenvalue weighted by atomic mass is 10.1. The van der Waals surface area contributed by atoms with Gasteiger partial charge in [-0.15, -0.1) is 10.2 Å². The Labute approximate surface area is 190 Å². The number of nitrogens with zero attached hydrogens (tertiary/aromatic N) is 4. The van der Waals surface area contributed by atoms with Gasteiger partial charge in [0.1, 0.15) is 5.82 Å². The molecule has 1 amide bonds. The number of hydrogen-bond donors (Lipinski definition) is 0. The number of amides is 1. The molecule has 1 aromatic heterocycles. The zero-order chi connectivity index (χ0) is 22.7. The summed E-state index contributed by atoms with van der Waals surface area (Å²) in [4.78, 5) is 16.4. The van der Waals surface area contributed by atoms with E-state index in [1.807, 2.05) is 35.2 Å². The molecule has 2 heterocycles. The first-order valence-corrected chi connectivity index (χ1v) is 10.4. The van der Waals surface area contributed by atoms with Crippen LogP contribution in [0.3, 0.4) is 0 Å². The SMILES string of the molecule is COc1ccc(-c2ccc(N3CCN(C(=O)c4c(F)cccc4Cl)CC3)nn2)cc1OC. The van der Waals surface area contributed by atoms with E-state index in [1.165, 1.54) is 18.2 Å². The highest BCUT2D eigenvalue weighted by Crippen LogP contribution is 2.31. The maximum absolute atomic E-state index is 14.1. The predicted molar refractivity (Wildman–Crippen MR) is 120 cm³/mol. The van der Waals surface area contributed by atoms with E-state index in [2.05, 4.69) is 10.2 Å². The summed E-state index contributed by atoms with van der Waals surface area (Å²) in [5.41, 5.74) is 1.48. The average molecular weight is 457 g/mol. The second-order valence-corrected chi connectivity index (χ2v) is 7.63. The number of aromatic nitrogens is 2. The molecule has 1 saturated heterocycles. The second-order valence-electron chi connectivity index (χ2n) is 7.22. The molecule has 32 heavy (non-hydrogen) atoms. The third kappa shape index (κ3) is 4.31. The van der Waals surface area contributed by atoms with Gasteiger partial charge in [-0.1, -0.05) is 17.7 Å². The second kappa shape index (κ2) is 9.40. The molecule has 1 fully saturated rings. The van der Waals surface area contributed by atoms with Gasteiger partial charge in [0.25, 0.3) is 5.91 Å². The van der Waals surface area contributed by atoms with Gasteiger partial charge in [0, 0.05) is 31.7 Å². The van der Waals surface area contributed by atoms with Crippen LogP contribution in [-0.2, 0) is 0 Å². The van der Waals surface area contributed by atoms with Crippen molar-refractivity contribution in [3.63, 3.8) is 0 Å². The molecule has 0 N–H and O–H groups in total. The van der Waals surface area contributed by atoms with Gasteiger partial charge in [-0.3, -0.25) is 4.79 Å². The number of piperazine rings is 1. The lowest BCUT2D eigenvalue weighted by molar-refractivity contribution is 0.0742. The number of halogens is 2. The number of rotatable bonds is 5. The number of carbonyl (C=O) groups is 1. The van der Waals surface area contributed by atoms with Gasteiger partial charge in [-0.2, -0.15) is 0 Å². The number of carbonyl (C=O) groups excluding carboxylic acids is 1. The van der Waals surface area contributed by atoms with Crippen molar-refractivity contribution in [3.8, 4) is 22.8 Å². The van der Waals surface area contributed by atoms with E-state index in [-0.39, 0.29) is 10.6 Å². The fourth-order valence-electron chi connectivity index (χ4n) is 3.64. The smallest absolute Gasteiger partial charge is 0.258 e. The number of methoxy groups -OCH3 is 2. The Balaban J connectivity index is 1.43. The molecule has 1 aliphatic rings. The number of anilines is 1. The van der Waals surface area contributed by atoms with E-state index < -0.39 is 11.7 Å². The average Bonchev–Trinajstić information content (AvgIpc) is 2.83. The Morgan fingerprint density at radius 3 is 2.34 bits per heavy atom. The molecule has 9 heteroatoms. The van der Waals surface area contributed by atoms with Crippen LogP contribution < -0.4 is 14.4 Å². The van der Waals surface area contributed by atoms with E-state index in [0.29, 0.717) is 49.2 Å². The van der Waals surface area contributed by atoms with E-state index in [0.717, 1.165) is 5.56 Å². The Morgan fingerprint density at radius 1 is 0.969 bits per heavy atom. The molecule has 2 aromatic carbocycles. The molecule has 3 aromatic rings. The van der Waals surface area contributed by atoms with Gasteiger partial charge in [-0.05, 0) is 42.5 Å². The molecule has 0 unspecified atom stereocenters. The molecule has 0 spiro atoms. The third-order valence-electron chi connectivity index (χ3n) is 5.40. The van der Waals surface area contributed by atoms with Crippen LogP contribution in [0, 0.1) is 5.82 Å². The molecular formula is C23H22ClFN4O3. The molecule has 0 aliphatic carbocycles. The first-order valence-electron chi connectivity index (χ1n) is 10.1. The summed E-state index contributed by atoms with van der Waals surface area (Å²) in [6.45, 7) is 1.98. The third-order valence-corrected chi connectivity index (χ3v) is 5.71. The Hall–Kier alpha value is -3.39. The number of ether oxygens (including phenoxy) is 2. The summed E-state index contributed by atoms with van der Waals surface area (Å²) in [5, 5.41) is 8.82. The highest BCUT2D eigenvalue weighted by atomic mass is 35.5. The minimum atomic E-state index is -0.610. The van der Waals surface area contributed by atoms with Crippen LogP contribution in [0.2, 0.25) is 5.02 Å². The molecule has 166 valence electrons. The molecule has 0 radical (unpaired) electrons. The molecule has 0 saturated carbocycles. The fraction of sp³-hybridized carbons (Fsp3) is 0.261. The molecule has 7 nitrogen and oxygen atoms in total. The highest BCUT2D eigenvalue weighted by Gasteiger charge is 2.26. The van der Waals surface area contributed by atoms with Crippen molar-refractivity contribution in [1.82, 2.24) is 15.1 Å². The highest BCUT2D eigenvalue weighted by molar-refractivity contribution is 6.33. The molecule has 4 rings (SSSR count). The van der Waals surface area contributed by atoms with Crippen LogP contribution in [0.25, 0.3) is 11.3 Å². The van der Waals surface area contributed by atoms with Crippen molar-refractivity contribution in [2.45, 2.75) is 0 Å². The number of benzene rings is 2. The van der Waals surface area contributed by atoms with Gasteiger partial charge >= 0.3 is 0 Å². The van der Waals surface area contributed by atoms with Crippen LogP contribution in [-0.4, -0.2) is 61.4 Å². The van der Waals surface area contributed by atoms with E-state index in [1.54, 1.807) is 19.1 Å². The van der Waals surface area contributed by atoms with Crippen molar-refractivity contribution >= 4 is 23.3 Å². The zero-order valence-corrected chi connectivity index (χ0v) is 18.5. The molecule has 1 aliphatic heterocycles. The van der Waals surface area contributed by atoms with Crippen molar-refractivity contribution in [3.05, 3.63) is 64.9 Å². The lowest BCUT2D eigenvalue weighted by Crippen LogP contribution is -2.49. The monoisotopic (exact) mass is 456 g/mol. The van der Waals surface area contributed by atoms with Gasteiger partial charge in [0.15, 0.2) is 17.3 Å². The van der Waals surface area contributed by atoms with Crippen LogP contribution in [0.15, 0.2) is 48.5 Å². The standard InChI is InChI=1S/C23H22ClFN4O3/c1-31-19-8-6-15(14-20(19)32-2)18-7-9-21(27-26-18)28-10-12-29(13-11-28)23(30)22-16(24)4-3-5-17(22)25/h3-9,14H,10-13H2,1-2H3. The summed E-state index contributed by atoms with van der Waals surface area (Å²) in [7, 11) is 3.17. The maximum atomic E-state index is 14.1. The van der Waals surface area contributed by atoms with Crippen LogP contribution in [0.5, 0.6) is 11.5 Å². The van der Waals surface area contributed by atoms with E-state index in [9.17, 15) is 9.18 Å². The Morgan fingerprint density at radius 2 is 1.72 bits per heavy atom. The fourth-order valence-corrected chi connectivity index (χ4v) is 3.89. The predicted octanol–water partition coefficient (Wildman–Crippen LogP) is 3.92. The summed E-state index contributed by atoms with van der Waals surface area (Å²) in [6.07, 6.45) is 0. The molecular weight excluding hydrogens is 435 g/mol. The normalized spacial score (nSPS) is 13.8. The van der Waals surface area contributed by atoms with E-state index in [4.69, 9.17) is 21.1 Å². The van der Waals surface area contributed by atoms with Crippen molar-refractivity contribution in [2.75, 3.05) is 45.3 Å². The van der Waals surface area contributed by atoms with Crippen LogP contribution in [0.1, 0.15) is 10.4 Å². The summed E-state index contributed by atoms with van der Waals surface area (Å²) in [5.74, 6) is 0.964. The lowest BCUT2D eigenvalue weighted by Gasteiger charge is -2.35. The first kappa shape index (κ1) is 21.8. The Kier molecular flexibility index (Phi) is 6.41. The van der Waals surface area contributed by atoms with Gasteiger partial charge < -0.3 is 19.3 Å². The summed E-state index contributed by atoms with van der Waals surface area (Å²) < 4.78 is 24.7. The molecule has 0 bridgehead atoms. The summed E-state index contributed by atoms with van der Waals surface area (Å²) >= 11 is 6.04. The number of hydrogen-bond acceptors (Lipinski definition) is 6.